The van der Waals surface area contributed by atoms with Gasteiger partial charge in [0.05, 0.1) is 11.5 Å². The van der Waals surface area contributed by atoms with E-state index in [1.54, 1.807) is 0 Å². The summed E-state index contributed by atoms with van der Waals surface area (Å²) in [4.78, 5) is 26.7. The second-order valence-electron chi connectivity index (χ2n) is 15.8. The molecule has 2 heterocycles. The maximum atomic E-state index is 13.7. The van der Waals surface area contributed by atoms with Crippen LogP contribution in [0.4, 0.5) is 0 Å². The summed E-state index contributed by atoms with van der Waals surface area (Å²) in [5, 5.41) is 0. The molecule has 0 aromatic rings. The number of hydrogen-bond donors (Lipinski definition) is 0. The average Bonchev–Trinajstić information content (AvgIpc) is 3.49. The number of hydrogen-bond acceptors (Lipinski definition) is 4. The molecule has 1 spiro atoms. The zero-order valence-electron chi connectivity index (χ0n) is 22.4. The van der Waals surface area contributed by atoms with Crippen molar-refractivity contribution in [2.24, 2.45) is 50.2 Å². The number of ether oxygens (including phenoxy) is 2. The van der Waals surface area contributed by atoms with Gasteiger partial charge < -0.3 is 9.47 Å². The Morgan fingerprint density at radius 1 is 0.824 bits per heavy atom. The van der Waals surface area contributed by atoms with Crippen molar-refractivity contribution in [3.63, 3.8) is 0 Å². The van der Waals surface area contributed by atoms with Gasteiger partial charge in [0.25, 0.3) is 0 Å². The highest BCUT2D eigenvalue weighted by Crippen LogP contribution is 2.83. The summed E-state index contributed by atoms with van der Waals surface area (Å²) in [7, 11) is 0. The molecule has 0 aromatic heterocycles. The van der Waals surface area contributed by atoms with Crippen LogP contribution in [0.2, 0.25) is 0 Å². The molecular formula is C30H44O4. The van der Waals surface area contributed by atoms with Gasteiger partial charge in [-0.15, -0.1) is 0 Å². The monoisotopic (exact) mass is 468 g/mol. The van der Waals surface area contributed by atoms with E-state index >= 15 is 0 Å². The minimum absolute atomic E-state index is 0.0388. The van der Waals surface area contributed by atoms with E-state index in [-0.39, 0.29) is 56.6 Å². The average molecular weight is 469 g/mol. The molecule has 10 atom stereocenters. The zero-order valence-corrected chi connectivity index (χ0v) is 22.4. The number of esters is 1. The van der Waals surface area contributed by atoms with Gasteiger partial charge in [0, 0.05) is 23.2 Å². The molecule has 188 valence electrons. The Labute approximate surface area is 205 Å². The predicted molar refractivity (Wildman–Crippen MR) is 129 cm³/mol. The molecule has 7 aliphatic rings. The standard InChI is InChI=1S/C30H44O4/c1-24(2)12-14-29-15-13-28(7)27(6)11-8-17-25(3,4)19(31)9-10-26(17,5)21(27)20-22(33-20)30(28,18(29)16-24)34-23(29)32/h17-18,20-22H,8-16H2,1-7H3/t17-,18-,20-,21+,22-,26-,27+,28-,29-,30+/m0/s1. The van der Waals surface area contributed by atoms with Gasteiger partial charge in [-0.2, -0.15) is 0 Å². The van der Waals surface area contributed by atoms with Crippen molar-refractivity contribution in [1.29, 1.82) is 0 Å². The Bertz CT molecular complexity index is 1010. The predicted octanol–water partition coefficient (Wildman–Crippen LogP) is 6.10. The fourth-order valence-corrected chi connectivity index (χ4v) is 12.0. The number of rotatable bonds is 0. The quantitative estimate of drug-likeness (QED) is 0.318. The maximum absolute atomic E-state index is 13.7. The van der Waals surface area contributed by atoms with Crippen molar-refractivity contribution in [2.75, 3.05) is 0 Å². The van der Waals surface area contributed by atoms with E-state index in [4.69, 9.17) is 9.47 Å². The van der Waals surface area contributed by atoms with Crippen LogP contribution in [0.5, 0.6) is 0 Å². The summed E-state index contributed by atoms with van der Waals surface area (Å²) in [6, 6.07) is 0. The van der Waals surface area contributed by atoms with E-state index in [2.05, 4.69) is 48.5 Å². The molecule has 0 N–H and O–H groups in total. The molecular weight excluding hydrogens is 424 g/mol. The van der Waals surface area contributed by atoms with Gasteiger partial charge in [-0.05, 0) is 79.4 Å². The minimum atomic E-state index is -0.473. The first-order valence-corrected chi connectivity index (χ1v) is 14.1. The summed E-state index contributed by atoms with van der Waals surface area (Å²) >= 11 is 0. The van der Waals surface area contributed by atoms with Crippen LogP contribution >= 0.6 is 0 Å². The molecule has 0 aromatic carbocycles. The molecule has 5 aliphatic carbocycles. The maximum Gasteiger partial charge on any atom is 0.313 e. The second-order valence-corrected chi connectivity index (χ2v) is 15.8. The van der Waals surface area contributed by atoms with Crippen LogP contribution in [0.3, 0.4) is 0 Å². The molecule has 2 saturated heterocycles. The molecule has 2 aliphatic heterocycles. The summed E-state index contributed by atoms with van der Waals surface area (Å²) < 4.78 is 13.6. The third-order valence-electron chi connectivity index (χ3n) is 14.0. The van der Waals surface area contributed by atoms with Crippen molar-refractivity contribution in [1.82, 2.24) is 0 Å². The Hall–Kier alpha value is -0.900. The lowest BCUT2D eigenvalue weighted by Crippen LogP contribution is -2.74. The number of fused-ring (bicyclic) bond motifs is 6. The third kappa shape index (κ3) is 2.05. The van der Waals surface area contributed by atoms with E-state index in [0.29, 0.717) is 24.0 Å². The summed E-state index contributed by atoms with van der Waals surface area (Å²) in [6.45, 7) is 16.7. The van der Waals surface area contributed by atoms with Gasteiger partial charge in [-0.1, -0.05) is 48.5 Å². The Balaban J connectivity index is 1.39. The lowest BCUT2D eigenvalue weighted by Gasteiger charge is -2.72. The largest absolute Gasteiger partial charge is 0.455 e. The first kappa shape index (κ1) is 22.3. The summed E-state index contributed by atoms with van der Waals surface area (Å²) in [5.74, 6) is 1.65. The normalized spacial score (nSPS) is 60.1. The Morgan fingerprint density at radius 2 is 1.53 bits per heavy atom. The minimum Gasteiger partial charge on any atom is -0.455 e. The fraction of sp³-hybridized carbons (Fsp3) is 0.933. The molecule has 7 rings (SSSR count). The van der Waals surface area contributed by atoms with E-state index in [0.717, 1.165) is 51.4 Å². The highest BCUT2D eigenvalue weighted by Gasteiger charge is 2.89. The van der Waals surface area contributed by atoms with Crippen LogP contribution in [0, 0.1) is 50.2 Å². The number of ketones is 1. The molecule has 4 heteroatoms. The number of epoxide rings is 1. The van der Waals surface area contributed by atoms with Crippen molar-refractivity contribution >= 4 is 11.8 Å². The molecule has 0 unspecified atom stereocenters. The van der Waals surface area contributed by atoms with Gasteiger partial charge in [-0.3, -0.25) is 9.59 Å². The number of carbonyl (C=O) groups excluding carboxylic acids is 2. The number of carbonyl (C=O) groups is 2. The molecule has 0 amide bonds. The van der Waals surface area contributed by atoms with Crippen LogP contribution in [0.15, 0.2) is 0 Å². The van der Waals surface area contributed by atoms with Gasteiger partial charge in [0.2, 0.25) is 0 Å². The highest BCUT2D eigenvalue weighted by molar-refractivity contribution is 5.85. The topological polar surface area (TPSA) is 55.9 Å². The highest BCUT2D eigenvalue weighted by atomic mass is 16.6. The van der Waals surface area contributed by atoms with Crippen LogP contribution < -0.4 is 0 Å². The van der Waals surface area contributed by atoms with Crippen molar-refractivity contribution in [3.05, 3.63) is 0 Å². The van der Waals surface area contributed by atoms with Gasteiger partial charge in [0.1, 0.15) is 11.9 Å². The van der Waals surface area contributed by atoms with Gasteiger partial charge in [0.15, 0.2) is 5.60 Å². The van der Waals surface area contributed by atoms with Crippen molar-refractivity contribution in [3.8, 4) is 0 Å². The summed E-state index contributed by atoms with van der Waals surface area (Å²) in [5.41, 5.74) is -0.720. The van der Waals surface area contributed by atoms with Crippen molar-refractivity contribution in [2.45, 2.75) is 124 Å². The second kappa shape index (κ2) is 5.81. The van der Waals surface area contributed by atoms with Crippen LogP contribution in [-0.2, 0) is 19.1 Å². The Kier molecular flexibility index (Phi) is 3.81. The zero-order chi connectivity index (χ0) is 24.3. The van der Waals surface area contributed by atoms with Crippen LogP contribution in [0.1, 0.15) is 106 Å². The SMILES string of the molecule is CC1(C)CC[C@@]23CC[C@]4(C)[C@](OC2=O)([C@H]2O[C@H]2[C@@H]2[C@@]5(C)CCC(=O)C(C)(C)[C@@H]5CC[C@]24C)[C@H]3C1. The van der Waals surface area contributed by atoms with Gasteiger partial charge in [-0.25, -0.2) is 0 Å². The van der Waals surface area contributed by atoms with E-state index < -0.39 is 5.60 Å². The molecule has 34 heavy (non-hydrogen) atoms. The Morgan fingerprint density at radius 3 is 2.26 bits per heavy atom. The number of Topliss-reactive ketones (excluding diaryl/α,β-unsaturated/α-hetero) is 1. The van der Waals surface area contributed by atoms with E-state index in [1.807, 2.05) is 0 Å². The third-order valence-corrected chi connectivity index (χ3v) is 14.0. The lowest BCUT2D eigenvalue weighted by molar-refractivity contribution is -0.266. The van der Waals surface area contributed by atoms with Gasteiger partial charge >= 0.3 is 5.97 Å². The first-order valence-electron chi connectivity index (χ1n) is 14.1. The molecule has 2 bridgehead atoms. The first-order chi connectivity index (χ1) is 15.7. The molecule has 5 saturated carbocycles. The smallest absolute Gasteiger partial charge is 0.313 e. The van der Waals surface area contributed by atoms with E-state index in [1.165, 1.54) is 0 Å². The molecule has 0 radical (unpaired) electrons. The van der Waals surface area contributed by atoms with Crippen LogP contribution in [0.25, 0.3) is 0 Å². The van der Waals surface area contributed by atoms with Crippen molar-refractivity contribution < 1.29 is 19.1 Å². The lowest BCUT2D eigenvalue weighted by atomic mass is 9.31. The van der Waals surface area contributed by atoms with E-state index in [9.17, 15) is 9.59 Å². The van der Waals surface area contributed by atoms with Crippen LogP contribution in [-0.4, -0.2) is 29.6 Å². The molecule has 7 fully saturated rings. The molecule has 4 nitrogen and oxygen atoms in total. The summed E-state index contributed by atoms with van der Waals surface area (Å²) in [6.07, 6.45) is 9.31. The fourth-order valence-electron chi connectivity index (χ4n) is 12.0.